The van der Waals surface area contributed by atoms with Crippen molar-refractivity contribution in [2.45, 2.75) is 143 Å². The second-order valence-electron chi connectivity index (χ2n) is 17.1. The molecule has 4 aromatic carbocycles. The van der Waals surface area contributed by atoms with Crippen molar-refractivity contribution < 1.29 is 10.2 Å². The minimum atomic E-state index is 0.0119. The smallest absolute Gasteiger partial charge is 0.128 e. The molecule has 1 fully saturated rings. The third-order valence-corrected chi connectivity index (χ3v) is 11.3. The first-order chi connectivity index (χ1) is 24.6. The lowest BCUT2D eigenvalue weighted by molar-refractivity contribution is 0.390. The van der Waals surface area contributed by atoms with Gasteiger partial charge < -0.3 is 10.2 Å². The second kappa shape index (κ2) is 16.2. The van der Waals surface area contributed by atoms with Crippen LogP contribution in [-0.4, -0.2) is 34.7 Å². The van der Waals surface area contributed by atoms with Crippen LogP contribution in [0.3, 0.4) is 0 Å². The van der Waals surface area contributed by atoms with Gasteiger partial charge in [-0.25, -0.2) is 0 Å². The van der Waals surface area contributed by atoms with Gasteiger partial charge in [-0.05, 0) is 95.9 Å². The predicted molar refractivity (Wildman–Crippen MR) is 221 cm³/mol. The van der Waals surface area contributed by atoms with Gasteiger partial charge in [0.15, 0.2) is 0 Å². The van der Waals surface area contributed by atoms with E-state index < -0.39 is 0 Å². The number of hydrogen-bond acceptors (Lipinski definition) is 4. The van der Waals surface area contributed by atoms with Gasteiger partial charge in [0.2, 0.25) is 0 Å². The van der Waals surface area contributed by atoms with Crippen LogP contribution in [0.1, 0.15) is 161 Å². The highest BCUT2D eigenvalue weighted by Crippen LogP contribution is 2.40. The minimum absolute atomic E-state index is 0.0119. The first kappa shape index (κ1) is 39.0. The molecule has 0 saturated heterocycles. The summed E-state index contributed by atoms with van der Waals surface area (Å²) in [6, 6.07) is 26.0. The molecule has 2 N–H and O–H groups in total. The van der Waals surface area contributed by atoms with Crippen LogP contribution in [0.15, 0.2) is 82.8 Å². The molecule has 276 valence electrons. The number of aliphatic imine (C=N–C) groups is 2. The number of aromatic hydroxyl groups is 2. The van der Waals surface area contributed by atoms with Crippen LogP contribution in [0.2, 0.25) is 0 Å². The summed E-state index contributed by atoms with van der Waals surface area (Å²) < 4.78 is 0. The molecule has 2 unspecified atom stereocenters. The Balaban J connectivity index is 1.39. The lowest BCUT2D eigenvalue weighted by Crippen LogP contribution is -2.27. The van der Waals surface area contributed by atoms with E-state index in [1.165, 1.54) is 22.3 Å². The Morgan fingerprint density at radius 1 is 0.577 bits per heavy atom. The fraction of sp³-hybridized carbons (Fsp3) is 0.458. The summed E-state index contributed by atoms with van der Waals surface area (Å²) in [6.07, 6.45) is 9.61. The molecule has 4 aromatic rings. The van der Waals surface area contributed by atoms with Crippen LogP contribution in [0.25, 0.3) is 0 Å². The van der Waals surface area contributed by atoms with E-state index in [1.807, 2.05) is 24.6 Å². The summed E-state index contributed by atoms with van der Waals surface area (Å²) in [5.74, 6) is 0.831. The van der Waals surface area contributed by atoms with Gasteiger partial charge in [-0.2, -0.15) is 0 Å². The molecule has 0 amide bonds. The van der Waals surface area contributed by atoms with Gasteiger partial charge in [0.25, 0.3) is 0 Å². The van der Waals surface area contributed by atoms with Crippen molar-refractivity contribution >= 4 is 12.4 Å². The second-order valence-corrected chi connectivity index (χ2v) is 17.1. The molecular formula is C48H62N2O2. The molecular weight excluding hydrogens is 637 g/mol. The van der Waals surface area contributed by atoms with Gasteiger partial charge in [-0.15, -0.1) is 0 Å². The van der Waals surface area contributed by atoms with Gasteiger partial charge in [-0.1, -0.05) is 129 Å². The topological polar surface area (TPSA) is 65.2 Å². The maximum Gasteiger partial charge on any atom is 0.128 e. The lowest BCUT2D eigenvalue weighted by Gasteiger charge is -2.26. The maximum absolute atomic E-state index is 11.7. The Labute approximate surface area is 314 Å². The average Bonchev–Trinajstić information content (AvgIpc) is 3.11. The number of phenols is 2. The zero-order valence-corrected chi connectivity index (χ0v) is 33.4. The van der Waals surface area contributed by atoms with E-state index in [0.717, 1.165) is 71.9 Å². The highest BCUT2D eigenvalue weighted by atomic mass is 16.3. The first-order valence-electron chi connectivity index (χ1n) is 19.6. The van der Waals surface area contributed by atoms with Crippen molar-refractivity contribution in [3.63, 3.8) is 0 Å². The molecule has 1 aliphatic carbocycles. The zero-order valence-electron chi connectivity index (χ0n) is 33.4. The molecule has 4 heteroatoms. The molecule has 0 aromatic heterocycles. The molecule has 1 aliphatic rings. The van der Waals surface area contributed by atoms with Crippen LogP contribution in [0, 0.1) is 13.8 Å². The van der Waals surface area contributed by atoms with E-state index in [1.54, 1.807) is 0 Å². The Hall–Kier alpha value is -4.18. The van der Waals surface area contributed by atoms with Crippen LogP contribution < -0.4 is 0 Å². The van der Waals surface area contributed by atoms with Crippen molar-refractivity contribution in [3.8, 4) is 11.5 Å². The SMILES string of the molecule is CCC(c1ccc(C(C)(C)C)cc1)c1c(C)ccc(C=N[C@H]2CCCC[C@@H]2N=Cc2ccc(C)c(C(CC)c3ccc(C(C)(C)C)cc3)c2O)c1O. The normalized spacial score (nSPS) is 18.3. The van der Waals surface area contributed by atoms with Crippen molar-refractivity contribution in [3.05, 3.63) is 128 Å². The van der Waals surface area contributed by atoms with Gasteiger partial charge in [-0.3, -0.25) is 9.98 Å². The maximum atomic E-state index is 11.7. The third-order valence-electron chi connectivity index (χ3n) is 11.3. The quantitative estimate of drug-likeness (QED) is 0.162. The van der Waals surface area contributed by atoms with Gasteiger partial charge in [0.05, 0.1) is 12.1 Å². The molecule has 4 nitrogen and oxygen atoms in total. The van der Waals surface area contributed by atoms with Crippen LogP contribution in [0.4, 0.5) is 0 Å². The predicted octanol–water partition coefficient (Wildman–Crippen LogP) is 12.2. The molecule has 1 saturated carbocycles. The number of rotatable bonds is 10. The summed E-state index contributed by atoms with van der Waals surface area (Å²) in [5.41, 5.74) is 10.9. The van der Waals surface area contributed by atoms with Crippen LogP contribution in [-0.2, 0) is 10.8 Å². The largest absolute Gasteiger partial charge is 0.507 e. The molecule has 52 heavy (non-hydrogen) atoms. The van der Waals surface area contributed by atoms with E-state index in [9.17, 15) is 10.2 Å². The number of phenolic OH excluding ortho intramolecular Hbond substituents is 2. The molecule has 0 aliphatic heterocycles. The summed E-state index contributed by atoms with van der Waals surface area (Å²) in [7, 11) is 0. The Morgan fingerprint density at radius 3 is 1.23 bits per heavy atom. The van der Waals surface area contributed by atoms with E-state index in [4.69, 9.17) is 9.98 Å². The Morgan fingerprint density at radius 2 is 0.923 bits per heavy atom. The van der Waals surface area contributed by atoms with E-state index in [2.05, 4.69) is 130 Å². The van der Waals surface area contributed by atoms with Crippen molar-refractivity contribution in [2.75, 3.05) is 0 Å². The summed E-state index contributed by atoms with van der Waals surface area (Å²) >= 11 is 0. The molecule has 0 radical (unpaired) electrons. The Bertz CT molecular complexity index is 1730. The summed E-state index contributed by atoms with van der Waals surface area (Å²) in [4.78, 5) is 10.1. The van der Waals surface area contributed by atoms with E-state index >= 15 is 0 Å². The molecule has 4 atom stereocenters. The van der Waals surface area contributed by atoms with Gasteiger partial charge >= 0.3 is 0 Å². The van der Waals surface area contributed by atoms with Crippen molar-refractivity contribution in [1.82, 2.24) is 0 Å². The number of benzene rings is 4. The average molecular weight is 699 g/mol. The van der Waals surface area contributed by atoms with Gasteiger partial charge in [0.1, 0.15) is 11.5 Å². The number of hydrogen-bond donors (Lipinski definition) is 2. The van der Waals surface area contributed by atoms with E-state index in [-0.39, 0.29) is 34.7 Å². The highest BCUT2D eigenvalue weighted by Gasteiger charge is 2.26. The highest BCUT2D eigenvalue weighted by molar-refractivity contribution is 5.86. The van der Waals surface area contributed by atoms with E-state index in [0.29, 0.717) is 11.5 Å². The Kier molecular flexibility index (Phi) is 12.2. The summed E-state index contributed by atoms with van der Waals surface area (Å²) in [6.45, 7) is 22.0. The molecule has 0 spiro atoms. The fourth-order valence-corrected chi connectivity index (χ4v) is 7.97. The monoisotopic (exact) mass is 698 g/mol. The van der Waals surface area contributed by atoms with Crippen molar-refractivity contribution in [2.24, 2.45) is 9.98 Å². The standard InChI is InChI=1S/C48H62N2O2/c1-11-39(33-21-25-37(26-22-33)47(5,6)7)43-31(3)17-19-35(45(43)51)29-49-41-15-13-14-16-42(41)50-30-36-20-18-32(4)44(46(36)52)40(12-2)34-23-27-38(28-24-34)48(8,9)10/h17-30,39-42,51-52H,11-16H2,1-10H3/t39?,40?,41-,42-/m0/s1. The van der Waals surface area contributed by atoms with Gasteiger partial charge in [0, 0.05) is 46.5 Å². The minimum Gasteiger partial charge on any atom is -0.507 e. The third kappa shape index (κ3) is 8.71. The summed E-state index contributed by atoms with van der Waals surface area (Å²) in [5, 5.41) is 23.4. The fourth-order valence-electron chi connectivity index (χ4n) is 7.97. The number of nitrogens with zero attached hydrogens (tertiary/aromatic N) is 2. The van der Waals surface area contributed by atoms with Crippen molar-refractivity contribution in [1.29, 1.82) is 0 Å². The number of aryl methyl sites for hydroxylation is 2. The molecule has 0 heterocycles. The van der Waals surface area contributed by atoms with Crippen LogP contribution in [0.5, 0.6) is 11.5 Å². The molecule has 5 rings (SSSR count). The molecule has 0 bridgehead atoms. The zero-order chi connectivity index (χ0) is 37.8. The lowest BCUT2D eigenvalue weighted by atomic mass is 9.82. The van der Waals surface area contributed by atoms with Crippen LogP contribution >= 0.6 is 0 Å². The first-order valence-corrected chi connectivity index (χ1v) is 19.6.